The Hall–Kier alpha value is -3.05. The number of sulfonamides is 1. The fraction of sp³-hybridized carbons (Fsp3) is 0.385. The lowest BCUT2D eigenvalue weighted by atomic mass is 9.99. The lowest BCUT2D eigenvalue weighted by Crippen LogP contribution is -2.33. The molecule has 0 saturated carbocycles. The molecule has 3 aromatic rings. The van der Waals surface area contributed by atoms with Crippen LogP contribution in [0.25, 0.3) is 11.3 Å². The molecule has 1 fully saturated rings. The Morgan fingerprint density at radius 3 is 2.45 bits per heavy atom. The summed E-state index contributed by atoms with van der Waals surface area (Å²) in [6.07, 6.45) is -3.16. The fourth-order valence-electron chi connectivity index (χ4n) is 4.15. The van der Waals surface area contributed by atoms with Crippen LogP contribution in [0.2, 0.25) is 5.02 Å². The van der Waals surface area contributed by atoms with Gasteiger partial charge in [-0.2, -0.15) is 21.6 Å². The van der Waals surface area contributed by atoms with Gasteiger partial charge in [0.2, 0.25) is 0 Å². The molecule has 4 rings (SSSR count). The van der Waals surface area contributed by atoms with Crippen LogP contribution in [0, 0.1) is 5.92 Å². The van der Waals surface area contributed by atoms with E-state index in [4.69, 9.17) is 16.3 Å². The highest BCUT2D eigenvalue weighted by Crippen LogP contribution is 2.41. The molecule has 0 bridgehead atoms. The van der Waals surface area contributed by atoms with Crippen LogP contribution in [0.4, 0.5) is 24.8 Å². The summed E-state index contributed by atoms with van der Waals surface area (Å²) in [5, 5.41) is -0.0893. The number of ether oxygens (including phenoxy) is 1. The van der Waals surface area contributed by atoms with Crippen molar-refractivity contribution in [2.75, 3.05) is 22.7 Å². The maximum absolute atomic E-state index is 13.9. The molecule has 38 heavy (non-hydrogen) atoms. The maximum atomic E-state index is 13.9. The minimum absolute atomic E-state index is 0.0148. The highest BCUT2D eigenvalue weighted by molar-refractivity contribution is 7.92. The van der Waals surface area contributed by atoms with Crippen LogP contribution in [0.5, 0.6) is 5.75 Å². The van der Waals surface area contributed by atoms with E-state index in [1.165, 1.54) is 24.3 Å². The van der Waals surface area contributed by atoms with Crippen molar-refractivity contribution < 1.29 is 26.3 Å². The number of benzene rings is 1. The lowest BCUT2D eigenvalue weighted by molar-refractivity contribution is -0.137. The quantitative estimate of drug-likeness (QED) is 0.344. The molecule has 12 heteroatoms. The number of aromatic nitrogens is 2. The van der Waals surface area contributed by atoms with Gasteiger partial charge in [-0.1, -0.05) is 24.6 Å². The molecule has 204 valence electrons. The molecule has 1 N–H and O–H groups in total. The van der Waals surface area contributed by atoms with Crippen LogP contribution in [-0.2, 0) is 16.2 Å². The van der Waals surface area contributed by atoms with Crippen molar-refractivity contribution in [1.29, 1.82) is 0 Å². The molecular weight excluding hydrogens is 541 g/mol. The number of nitrogens with one attached hydrogen (secondary N) is 1. The third kappa shape index (κ3) is 6.50. The van der Waals surface area contributed by atoms with Crippen molar-refractivity contribution in [3.63, 3.8) is 0 Å². The van der Waals surface area contributed by atoms with Gasteiger partial charge in [0, 0.05) is 23.7 Å². The molecule has 1 saturated heterocycles. The highest BCUT2D eigenvalue weighted by atomic mass is 35.5. The summed E-state index contributed by atoms with van der Waals surface area (Å²) in [7, 11) is -4.26. The molecule has 0 radical (unpaired) electrons. The van der Waals surface area contributed by atoms with Crippen LogP contribution < -0.4 is 14.4 Å². The van der Waals surface area contributed by atoms with Crippen LogP contribution in [0.3, 0.4) is 0 Å². The van der Waals surface area contributed by atoms with E-state index in [1.54, 1.807) is 26.0 Å². The minimum Gasteiger partial charge on any atom is -0.490 e. The predicted molar refractivity (Wildman–Crippen MR) is 141 cm³/mol. The number of anilines is 2. The Morgan fingerprint density at radius 2 is 1.79 bits per heavy atom. The molecular formula is C26H28ClF3N4O3S. The second kappa shape index (κ2) is 11.0. The minimum atomic E-state index is -4.76. The lowest BCUT2D eigenvalue weighted by Gasteiger charge is -2.31. The zero-order chi connectivity index (χ0) is 27.7. The summed E-state index contributed by atoms with van der Waals surface area (Å²) < 4.78 is 76.2. The third-order valence-corrected chi connectivity index (χ3v) is 7.58. The average molecular weight is 569 g/mol. The standard InChI is InChI=1S/C26H28ClF3N4O3S/c1-16(2)37-21-9-7-18(27)15-19(21)25-20(26(28,29)30)8-10-22(31-25)33-38(35,36)24-6-4-5-23(32-24)34-13-11-17(3)12-14-34/h4-10,15-17H,11-14H2,1-3H3,(H,31,33). The van der Waals surface area contributed by atoms with Gasteiger partial charge in [0.15, 0.2) is 5.03 Å². The van der Waals surface area contributed by atoms with Crippen molar-refractivity contribution in [2.24, 2.45) is 5.92 Å². The topological polar surface area (TPSA) is 84.4 Å². The first kappa shape index (κ1) is 28.0. The summed E-state index contributed by atoms with van der Waals surface area (Å²) in [6, 6.07) is 10.6. The van der Waals surface area contributed by atoms with Gasteiger partial charge < -0.3 is 9.64 Å². The number of hydrogen-bond donors (Lipinski definition) is 1. The molecule has 1 aliphatic rings. The van der Waals surface area contributed by atoms with E-state index in [-0.39, 0.29) is 33.3 Å². The van der Waals surface area contributed by atoms with Crippen molar-refractivity contribution in [3.05, 3.63) is 59.1 Å². The van der Waals surface area contributed by atoms with Gasteiger partial charge in [0.1, 0.15) is 17.4 Å². The van der Waals surface area contributed by atoms with Gasteiger partial charge >= 0.3 is 6.18 Å². The van der Waals surface area contributed by atoms with E-state index in [0.717, 1.165) is 38.1 Å². The number of piperidine rings is 1. The second-order valence-electron chi connectivity index (χ2n) is 9.51. The molecule has 0 aliphatic carbocycles. The second-order valence-corrected chi connectivity index (χ2v) is 11.6. The number of rotatable bonds is 7. The number of pyridine rings is 2. The summed E-state index contributed by atoms with van der Waals surface area (Å²) in [5.41, 5.74) is -1.59. The Kier molecular flexibility index (Phi) is 8.08. The van der Waals surface area contributed by atoms with Crippen molar-refractivity contribution in [2.45, 2.75) is 50.9 Å². The molecule has 0 amide bonds. The summed E-state index contributed by atoms with van der Waals surface area (Å²) in [4.78, 5) is 10.4. The molecule has 1 aromatic carbocycles. The smallest absolute Gasteiger partial charge is 0.418 e. The van der Waals surface area contributed by atoms with Gasteiger partial charge in [-0.25, -0.2) is 9.97 Å². The van der Waals surface area contributed by atoms with Gasteiger partial charge in [-0.15, -0.1) is 0 Å². The van der Waals surface area contributed by atoms with Crippen molar-refractivity contribution >= 4 is 33.3 Å². The van der Waals surface area contributed by atoms with Crippen LogP contribution in [0.15, 0.2) is 53.6 Å². The van der Waals surface area contributed by atoms with Gasteiger partial charge in [0.05, 0.1) is 17.4 Å². The molecule has 0 unspecified atom stereocenters. The largest absolute Gasteiger partial charge is 0.490 e. The van der Waals surface area contributed by atoms with Crippen molar-refractivity contribution in [3.8, 4) is 17.0 Å². The predicted octanol–water partition coefficient (Wildman–Crippen LogP) is 6.64. The van der Waals surface area contributed by atoms with Crippen LogP contribution >= 0.6 is 11.6 Å². The number of hydrogen-bond acceptors (Lipinski definition) is 6. The van der Waals surface area contributed by atoms with E-state index in [0.29, 0.717) is 11.7 Å². The Balaban J connectivity index is 1.71. The van der Waals surface area contributed by atoms with Crippen LogP contribution in [0.1, 0.15) is 39.2 Å². The first-order valence-electron chi connectivity index (χ1n) is 12.1. The molecule has 2 aromatic heterocycles. The molecule has 0 spiro atoms. The Labute approximate surface area is 225 Å². The number of alkyl halides is 3. The molecule has 1 aliphatic heterocycles. The molecule has 3 heterocycles. The Bertz CT molecular complexity index is 1410. The van der Waals surface area contributed by atoms with Gasteiger partial charge in [-0.05, 0) is 75.1 Å². The first-order chi connectivity index (χ1) is 17.8. The van der Waals surface area contributed by atoms with E-state index in [2.05, 4.69) is 21.6 Å². The van der Waals surface area contributed by atoms with Crippen LogP contribution in [-0.4, -0.2) is 37.6 Å². The van der Waals surface area contributed by atoms with Crippen molar-refractivity contribution in [1.82, 2.24) is 9.97 Å². The highest BCUT2D eigenvalue weighted by Gasteiger charge is 2.36. The third-order valence-electron chi connectivity index (χ3n) is 6.09. The average Bonchev–Trinajstić information content (AvgIpc) is 2.84. The van der Waals surface area contributed by atoms with E-state index in [1.807, 2.05) is 4.90 Å². The van der Waals surface area contributed by atoms with E-state index >= 15 is 0 Å². The summed E-state index contributed by atoms with van der Waals surface area (Å²) in [6.45, 7) is 7.14. The summed E-state index contributed by atoms with van der Waals surface area (Å²) in [5.74, 6) is 0.941. The normalized spacial score (nSPS) is 15.1. The fourth-order valence-corrected chi connectivity index (χ4v) is 5.29. The van der Waals surface area contributed by atoms with Gasteiger partial charge in [-0.3, -0.25) is 4.72 Å². The zero-order valence-electron chi connectivity index (χ0n) is 21.1. The summed E-state index contributed by atoms with van der Waals surface area (Å²) >= 11 is 6.09. The Morgan fingerprint density at radius 1 is 1.08 bits per heavy atom. The first-order valence-corrected chi connectivity index (χ1v) is 14.0. The van der Waals surface area contributed by atoms with Gasteiger partial charge in [0.25, 0.3) is 10.0 Å². The number of nitrogens with zero attached hydrogens (tertiary/aromatic N) is 3. The maximum Gasteiger partial charge on any atom is 0.418 e. The van der Waals surface area contributed by atoms with E-state index in [9.17, 15) is 21.6 Å². The molecule has 0 atom stereocenters. The monoisotopic (exact) mass is 568 g/mol. The zero-order valence-corrected chi connectivity index (χ0v) is 22.7. The van der Waals surface area contributed by atoms with E-state index < -0.39 is 27.5 Å². The SMILES string of the molecule is CC1CCN(c2cccc(S(=O)(=O)Nc3ccc(C(F)(F)F)c(-c4cc(Cl)ccc4OC(C)C)n3)n2)CC1. The molecule has 7 nitrogen and oxygen atoms in total. The number of halogens is 4.